The Bertz CT molecular complexity index is 977. The summed E-state index contributed by atoms with van der Waals surface area (Å²) in [4.78, 5) is 10.1. The zero-order valence-electron chi connectivity index (χ0n) is 14.3. The van der Waals surface area contributed by atoms with E-state index < -0.39 is 26.6 Å². The van der Waals surface area contributed by atoms with Crippen LogP contribution in [0, 0.1) is 11.6 Å². The van der Waals surface area contributed by atoms with E-state index in [2.05, 4.69) is 9.97 Å². The van der Waals surface area contributed by atoms with Crippen LogP contribution in [0.25, 0.3) is 0 Å². The van der Waals surface area contributed by atoms with Crippen LogP contribution >= 0.6 is 11.6 Å². The molecule has 2 aliphatic rings. The summed E-state index contributed by atoms with van der Waals surface area (Å²) in [6.07, 6.45) is 2.09. The van der Waals surface area contributed by atoms with E-state index in [9.17, 15) is 17.2 Å². The summed E-state index contributed by atoms with van der Waals surface area (Å²) in [7, 11) is -4.11. The molecule has 0 amide bonds. The van der Waals surface area contributed by atoms with E-state index in [4.69, 9.17) is 11.6 Å². The van der Waals surface area contributed by atoms with Gasteiger partial charge in [-0.3, -0.25) is 0 Å². The second-order valence-corrected chi connectivity index (χ2v) is 8.94. The third kappa shape index (κ3) is 3.76. The SMILES string of the molecule is O=S(=O)(c1cc(F)ccc1F)N1CCN(c2cc(Cl)nc(C3CC3)n2)CC1. The average Bonchev–Trinajstić information content (AvgIpc) is 3.48. The van der Waals surface area contributed by atoms with Crippen LogP contribution in [0.15, 0.2) is 29.2 Å². The minimum atomic E-state index is -4.11. The molecule has 1 aromatic heterocycles. The number of hydrogen-bond donors (Lipinski definition) is 0. The van der Waals surface area contributed by atoms with Crippen LogP contribution in [0.5, 0.6) is 0 Å². The molecule has 27 heavy (non-hydrogen) atoms. The number of sulfonamides is 1. The molecule has 1 saturated heterocycles. The van der Waals surface area contributed by atoms with Crippen LogP contribution in [0.3, 0.4) is 0 Å². The monoisotopic (exact) mass is 414 g/mol. The maximum absolute atomic E-state index is 13.9. The molecule has 0 N–H and O–H groups in total. The first-order valence-electron chi connectivity index (χ1n) is 8.59. The van der Waals surface area contributed by atoms with Crippen molar-refractivity contribution in [2.24, 2.45) is 0 Å². The van der Waals surface area contributed by atoms with Crippen LogP contribution in [-0.4, -0.2) is 48.9 Å². The zero-order valence-corrected chi connectivity index (χ0v) is 15.8. The van der Waals surface area contributed by atoms with Gasteiger partial charge in [-0.25, -0.2) is 27.2 Å². The van der Waals surface area contributed by atoms with Crippen molar-refractivity contribution >= 4 is 27.4 Å². The molecular formula is C17H17ClF2N4O2S. The number of nitrogens with zero attached hydrogens (tertiary/aromatic N) is 4. The van der Waals surface area contributed by atoms with Crippen molar-refractivity contribution in [2.75, 3.05) is 31.1 Å². The first-order valence-corrected chi connectivity index (χ1v) is 10.4. The normalized spacial score (nSPS) is 18.7. The van der Waals surface area contributed by atoms with Gasteiger partial charge in [0, 0.05) is 38.2 Å². The van der Waals surface area contributed by atoms with Gasteiger partial charge in [0.2, 0.25) is 10.0 Å². The van der Waals surface area contributed by atoms with E-state index in [0.29, 0.717) is 36.0 Å². The van der Waals surface area contributed by atoms with Crippen molar-refractivity contribution in [1.29, 1.82) is 0 Å². The number of rotatable bonds is 4. The fraction of sp³-hybridized carbons (Fsp3) is 0.412. The predicted molar refractivity (Wildman–Crippen MR) is 96.3 cm³/mol. The average molecular weight is 415 g/mol. The van der Waals surface area contributed by atoms with E-state index in [1.54, 1.807) is 6.07 Å². The molecule has 0 spiro atoms. The van der Waals surface area contributed by atoms with Gasteiger partial charge in [0.15, 0.2) is 0 Å². The molecule has 1 aromatic carbocycles. The number of halogens is 3. The Hall–Kier alpha value is -1.84. The predicted octanol–water partition coefficient (Wildman–Crippen LogP) is 2.80. The van der Waals surface area contributed by atoms with Crippen molar-refractivity contribution in [1.82, 2.24) is 14.3 Å². The van der Waals surface area contributed by atoms with E-state index in [1.165, 1.54) is 0 Å². The molecule has 0 bridgehead atoms. The van der Waals surface area contributed by atoms with Crippen molar-refractivity contribution in [3.63, 3.8) is 0 Å². The minimum Gasteiger partial charge on any atom is -0.354 e. The maximum Gasteiger partial charge on any atom is 0.246 e. The van der Waals surface area contributed by atoms with Crippen LogP contribution in [-0.2, 0) is 10.0 Å². The molecule has 1 aliphatic heterocycles. The molecule has 1 aliphatic carbocycles. The van der Waals surface area contributed by atoms with Gasteiger partial charge in [-0.1, -0.05) is 11.6 Å². The summed E-state index contributed by atoms with van der Waals surface area (Å²) in [5, 5.41) is 0.360. The van der Waals surface area contributed by atoms with Crippen molar-refractivity contribution in [3.8, 4) is 0 Å². The topological polar surface area (TPSA) is 66.4 Å². The lowest BCUT2D eigenvalue weighted by molar-refractivity contribution is 0.380. The van der Waals surface area contributed by atoms with E-state index in [0.717, 1.165) is 35.1 Å². The second kappa shape index (κ2) is 6.96. The van der Waals surface area contributed by atoms with Crippen LogP contribution in [0.4, 0.5) is 14.6 Å². The summed E-state index contributed by atoms with van der Waals surface area (Å²) < 4.78 is 53.8. The molecule has 2 aromatic rings. The Morgan fingerprint density at radius 1 is 1.04 bits per heavy atom. The summed E-state index contributed by atoms with van der Waals surface area (Å²) in [5.74, 6) is -0.0346. The summed E-state index contributed by atoms with van der Waals surface area (Å²) in [6.45, 7) is 1.01. The smallest absolute Gasteiger partial charge is 0.246 e. The van der Waals surface area contributed by atoms with E-state index in [-0.39, 0.29) is 13.1 Å². The fourth-order valence-corrected chi connectivity index (χ4v) is 4.76. The number of aromatic nitrogens is 2. The Morgan fingerprint density at radius 2 is 1.74 bits per heavy atom. The molecule has 0 atom stereocenters. The number of anilines is 1. The van der Waals surface area contributed by atoms with Crippen LogP contribution in [0.2, 0.25) is 5.15 Å². The maximum atomic E-state index is 13.9. The molecule has 10 heteroatoms. The van der Waals surface area contributed by atoms with Crippen LogP contribution < -0.4 is 4.90 Å². The lowest BCUT2D eigenvalue weighted by Crippen LogP contribution is -2.49. The highest BCUT2D eigenvalue weighted by Crippen LogP contribution is 2.39. The van der Waals surface area contributed by atoms with Crippen molar-refractivity contribution < 1.29 is 17.2 Å². The Balaban J connectivity index is 1.51. The molecular weight excluding hydrogens is 398 g/mol. The third-order valence-electron chi connectivity index (χ3n) is 4.71. The second-order valence-electron chi connectivity index (χ2n) is 6.65. The van der Waals surface area contributed by atoms with Crippen molar-refractivity contribution in [2.45, 2.75) is 23.7 Å². The van der Waals surface area contributed by atoms with Gasteiger partial charge in [0.05, 0.1) is 0 Å². The molecule has 6 nitrogen and oxygen atoms in total. The summed E-state index contributed by atoms with van der Waals surface area (Å²) >= 11 is 6.09. The first kappa shape index (κ1) is 18.5. The summed E-state index contributed by atoms with van der Waals surface area (Å²) in [5.41, 5.74) is 0. The van der Waals surface area contributed by atoms with Gasteiger partial charge >= 0.3 is 0 Å². The number of benzene rings is 1. The Labute approximate surface area is 160 Å². The quantitative estimate of drug-likeness (QED) is 0.720. The van der Waals surface area contributed by atoms with E-state index in [1.807, 2.05) is 4.90 Å². The van der Waals surface area contributed by atoms with Gasteiger partial charge in [-0.15, -0.1) is 0 Å². The first-order chi connectivity index (χ1) is 12.8. The molecule has 1 saturated carbocycles. The number of hydrogen-bond acceptors (Lipinski definition) is 5. The largest absolute Gasteiger partial charge is 0.354 e. The Morgan fingerprint density at radius 3 is 2.41 bits per heavy atom. The zero-order chi connectivity index (χ0) is 19.2. The van der Waals surface area contributed by atoms with Gasteiger partial charge in [-0.2, -0.15) is 4.31 Å². The van der Waals surface area contributed by atoms with Crippen molar-refractivity contribution in [3.05, 3.63) is 46.9 Å². The molecule has 144 valence electrons. The van der Waals surface area contributed by atoms with Gasteiger partial charge in [0.25, 0.3) is 0 Å². The highest BCUT2D eigenvalue weighted by atomic mass is 35.5. The molecule has 0 unspecified atom stereocenters. The van der Waals surface area contributed by atoms with Gasteiger partial charge in [-0.05, 0) is 31.0 Å². The lowest BCUT2D eigenvalue weighted by Gasteiger charge is -2.34. The standard InChI is InChI=1S/C17H17ClF2N4O2S/c18-15-10-16(22-17(21-15)11-1-2-11)23-5-7-24(8-6-23)27(25,26)14-9-12(19)3-4-13(14)20/h3-4,9-11H,1-2,5-8H2. The van der Waals surface area contributed by atoms with E-state index >= 15 is 0 Å². The molecule has 0 radical (unpaired) electrons. The minimum absolute atomic E-state index is 0.138. The third-order valence-corrected chi connectivity index (χ3v) is 6.82. The molecule has 2 fully saturated rings. The molecule has 4 rings (SSSR count). The highest BCUT2D eigenvalue weighted by Gasteiger charge is 2.32. The van der Waals surface area contributed by atoms with Gasteiger partial charge in [0.1, 0.15) is 33.3 Å². The summed E-state index contributed by atoms with van der Waals surface area (Å²) in [6, 6.07) is 4.08. The number of piperazine rings is 1. The fourth-order valence-electron chi connectivity index (χ4n) is 3.08. The lowest BCUT2D eigenvalue weighted by atomic mass is 10.3. The Kier molecular flexibility index (Phi) is 4.77. The molecule has 2 heterocycles. The highest BCUT2D eigenvalue weighted by molar-refractivity contribution is 7.89. The van der Waals surface area contributed by atoms with Gasteiger partial charge < -0.3 is 4.90 Å². The van der Waals surface area contributed by atoms with Crippen LogP contribution in [0.1, 0.15) is 24.6 Å².